The molecule has 1 aromatic carbocycles. The minimum absolute atomic E-state index is 0.0133. The van der Waals surface area contributed by atoms with Crippen LogP contribution < -0.4 is 0 Å². The number of benzene rings is 1. The van der Waals surface area contributed by atoms with Gasteiger partial charge in [-0.05, 0) is 26.3 Å². The van der Waals surface area contributed by atoms with Gasteiger partial charge in [0.1, 0.15) is 29.7 Å². The normalized spacial score (nSPS) is 33.3. The summed E-state index contributed by atoms with van der Waals surface area (Å²) >= 11 is 0. The van der Waals surface area contributed by atoms with E-state index in [4.69, 9.17) is 9.47 Å². The van der Waals surface area contributed by atoms with E-state index in [-0.39, 0.29) is 23.5 Å². The third kappa shape index (κ3) is 2.83. The third-order valence-corrected chi connectivity index (χ3v) is 5.24. The van der Waals surface area contributed by atoms with Gasteiger partial charge in [0.25, 0.3) is 0 Å². The molecular formula is C20H24O6. The van der Waals surface area contributed by atoms with E-state index in [1.165, 1.54) is 13.8 Å². The zero-order chi connectivity index (χ0) is 19.3. The van der Waals surface area contributed by atoms with Gasteiger partial charge in [-0.15, -0.1) is 0 Å². The smallest absolute Gasteiger partial charge is 0.303 e. The number of ether oxygens (including phenoxy) is 2. The number of hydrogen-bond donors (Lipinski definition) is 2. The fourth-order valence-corrected chi connectivity index (χ4v) is 3.83. The summed E-state index contributed by atoms with van der Waals surface area (Å²) in [6, 6.07) is 9.30. The van der Waals surface area contributed by atoms with Crippen LogP contribution in [0.25, 0.3) is 0 Å². The number of hydrogen-bond acceptors (Lipinski definition) is 6. The molecule has 26 heavy (non-hydrogen) atoms. The first kappa shape index (κ1) is 18.6. The maximum absolute atomic E-state index is 13.0. The minimum atomic E-state index is -1.78. The number of carbonyl (C=O) groups excluding carboxylic acids is 2. The minimum Gasteiger partial charge on any atom is -0.486 e. The Bertz CT molecular complexity index is 762. The first-order chi connectivity index (χ1) is 12.1. The Morgan fingerprint density at radius 2 is 1.85 bits per heavy atom. The van der Waals surface area contributed by atoms with E-state index in [0.717, 1.165) is 5.56 Å². The third-order valence-electron chi connectivity index (χ3n) is 5.24. The Morgan fingerprint density at radius 3 is 2.42 bits per heavy atom. The summed E-state index contributed by atoms with van der Waals surface area (Å²) in [6.07, 6.45) is -2.44. The molecule has 0 saturated carbocycles. The molecule has 0 spiro atoms. The summed E-state index contributed by atoms with van der Waals surface area (Å²) in [5.74, 6) is -0.920. The van der Waals surface area contributed by atoms with Gasteiger partial charge in [-0.2, -0.15) is 0 Å². The molecule has 0 unspecified atom stereocenters. The zero-order valence-corrected chi connectivity index (χ0v) is 15.4. The number of carbonyl (C=O) groups is 2. The lowest BCUT2D eigenvalue weighted by Crippen LogP contribution is -2.60. The van der Waals surface area contributed by atoms with E-state index in [1.54, 1.807) is 13.8 Å². The highest BCUT2D eigenvalue weighted by Gasteiger charge is 2.59. The highest BCUT2D eigenvalue weighted by Crippen LogP contribution is 2.49. The van der Waals surface area contributed by atoms with Crippen molar-refractivity contribution in [1.82, 2.24) is 0 Å². The van der Waals surface area contributed by atoms with Crippen molar-refractivity contribution in [2.45, 2.75) is 58.0 Å². The molecule has 6 heteroatoms. The largest absolute Gasteiger partial charge is 0.486 e. The average molecular weight is 360 g/mol. The topological polar surface area (TPSA) is 93.1 Å². The van der Waals surface area contributed by atoms with Gasteiger partial charge in [0.15, 0.2) is 5.78 Å². The standard InChI is InChI=1S/C20H24O6/c1-11(21)25-14-10-13(12-8-6-5-7-9-12)26-17-15(14)16(22)19(2,3)18(23)20(17,4)24/h5-9,13-14,18,23-24H,10H2,1-4H3/t13-,14-,18-,20+/m1/s1. The average Bonchev–Trinajstić information content (AvgIpc) is 2.59. The molecular weight excluding hydrogens is 336 g/mol. The Kier molecular flexibility index (Phi) is 4.45. The number of esters is 1. The summed E-state index contributed by atoms with van der Waals surface area (Å²) in [4.78, 5) is 24.6. The van der Waals surface area contributed by atoms with Gasteiger partial charge < -0.3 is 19.7 Å². The van der Waals surface area contributed by atoms with Crippen LogP contribution in [0.3, 0.4) is 0 Å². The highest BCUT2D eigenvalue weighted by molar-refractivity contribution is 6.03. The van der Waals surface area contributed by atoms with Gasteiger partial charge in [-0.25, -0.2) is 0 Å². The van der Waals surface area contributed by atoms with Crippen molar-refractivity contribution in [2.24, 2.45) is 5.41 Å². The van der Waals surface area contributed by atoms with E-state index in [1.807, 2.05) is 30.3 Å². The van der Waals surface area contributed by atoms with Crippen LogP contribution in [0.1, 0.15) is 45.8 Å². The predicted octanol–water partition coefficient (Wildman–Crippen LogP) is 2.05. The van der Waals surface area contributed by atoms with E-state index in [9.17, 15) is 19.8 Å². The fourth-order valence-electron chi connectivity index (χ4n) is 3.83. The molecule has 2 N–H and O–H groups in total. The second kappa shape index (κ2) is 6.21. The van der Waals surface area contributed by atoms with Crippen LogP contribution in [0.15, 0.2) is 41.7 Å². The molecule has 0 saturated heterocycles. The summed E-state index contributed by atoms with van der Waals surface area (Å²) in [5.41, 5.74) is -2.05. The van der Waals surface area contributed by atoms with Gasteiger partial charge in [-0.1, -0.05) is 30.3 Å². The first-order valence-corrected chi connectivity index (χ1v) is 8.65. The van der Waals surface area contributed by atoms with Crippen LogP contribution in [0.5, 0.6) is 0 Å². The Hall–Kier alpha value is -2.18. The summed E-state index contributed by atoms with van der Waals surface area (Å²) in [6.45, 7) is 5.82. The molecule has 0 radical (unpaired) electrons. The molecule has 0 fully saturated rings. The molecule has 1 aromatic rings. The van der Waals surface area contributed by atoms with Crippen LogP contribution in [0, 0.1) is 5.41 Å². The molecule has 1 heterocycles. The number of Topliss-reactive ketones (excluding diaryl/α,β-unsaturated/α-hetero) is 1. The maximum atomic E-state index is 13.0. The second-order valence-corrected chi connectivity index (χ2v) is 7.69. The van der Waals surface area contributed by atoms with Gasteiger partial charge >= 0.3 is 5.97 Å². The number of aliphatic hydroxyl groups excluding tert-OH is 1. The number of aliphatic hydroxyl groups is 2. The van der Waals surface area contributed by atoms with Crippen molar-refractivity contribution in [3.63, 3.8) is 0 Å². The van der Waals surface area contributed by atoms with Crippen molar-refractivity contribution >= 4 is 11.8 Å². The molecule has 1 aliphatic carbocycles. The van der Waals surface area contributed by atoms with Crippen molar-refractivity contribution in [3.8, 4) is 0 Å². The quantitative estimate of drug-likeness (QED) is 0.784. The van der Waals surface area contributed by atoms with E-state index in [0.29, 0.717) is 0 Å². The van der Waals surface area contributed by atoms with Crippen LogP contribution in [-0.2, 0) is 19.1 Å². The van der Waals surface area contributed by atoms with Crippen LogP contribution in [0.4, 0.5) is 0 Å². The van der Waals surface area contributed by atoms with Crippen LogP contribution in [0.2, 0.25) is 0 Å². The Balaban J connectivity index is 2.13. The van der Waals surface area contributed by atoms with Crippen molar-refractivity contribution in [3.05, 3.63) is 47.2 Å². The van der Waals surface area contributed by atoms with Gasteiger partial charge in [0.2, 0.25) is 0 Å². The predicted molar refractivity (Wildman–Crippen MR) is 92.9 cm³/mol. The fraction of sp³-hybridized carbons (Fsp3) is 0.500. The molecule has 140 valence electrons. The summed E-state index contributed by atoms with van der Waals surface area (Å²) < 4.78 is 11.4. The van der Waals surface area contributed by atoms with E-state index in [2.05, 4.69) is 0 Å². The SMILES string of the molecule is CC(=O)O[C@@H]1C[C@H](c2ccccc2)OC2=C1C(=O)C(C)(C)[C@@H](O)[C@@]2(C)O. The van der Waals surface area contributed by atoms with Crippen LogP contribution in [-0.4, -0.2) is 39.8 Å². The Labute approximate surface area is 152 Å². The lowest BCUT2D eigenvalue weighted by atomic mass is 9.65. The number of rotatable bonds is 2. The van der Waals surface area contributed by atoms with Crippen molar-refractivity contribution in [1.29, 1.82) is 0 Å². The molecule has 0 aromatic heterocycles. The van der Waals surface area contributed by atoms with E-state index >= 15 is 0 Å². The lowest BCUT2D eigenvalue weighted by molar-refractivity contribution is -0.170. The van der Waals surface area contributed by atoms with Crippen molar-refractivity contribution < 1.29 is 29.3 Å². The maximum Gasteiger partial charge on any atom is 0.303 e. The second-order valence-electron chi connectivity index (χ2n) is 7.69. The van der Waals surface area contributed by atoms with Crippen molar-refractivity contribution in [2.75, 3.05) is 0 Å². The van der Waals surface area contributed by atoms with Gasteiger partial charge in [0.05, 0.1) is 11.0 Å². The molecule has 2 aliphatic rings. The summed E-state index contributed by atoms with van der Waals surface area (Å²) in [5, 5.41) is 21.6. The van der Waals surface area contributed by atoms with E-state index < -0.39 is 35.3 Å². The van der Waals surface area contributed by atoms with Gasteiger partial charge in [-0.3, -0.25) is 9.59 Å². The molecule has 4 atom stereocenters. The zero-order valence-electron chi connectivity index (χ0n) is 15.4. The molecule has 0 amide bonds. The van der Waals surface area contributed by atoms with Gasteiger partial charge in [0, 0.05) is 13.3 Å². The Morgan fingerprint density at radius 1 is 1.23 bits per heavy atom. The molecule has 6 nitrogen and oxygen atoms in total. The first-order valence-electron chi connectivity index (χ1n) is 8.65. The number of ketones is 1. The molecule has 0 bridgehead atoms. The van der Waals surface area contributed by atoms with Crippen LogP contribution >= 0.6 is 0 Å². The summed E-state index contributed by atoms with van der Waals surface area (Å²) in [7, 11) is 0. The highest BCUT2D eigenvalue weighted by atomic mass is 16.6. The monoisotopic (exact) mass is 360 g/mol. The molecule has 3 rings (SSSR count). The molecule has 1 aliphatic heterocycles. The lowest BCUT2D eigenvalue weighted by Gasteiger charge is -2.49.